The van der Waals surface area contributed by atoms with Gasteiger partial charge in [-0.05, 0) is 12.8 Å². The van der Waals surface area contributed by atoms with E-state index in [4.69, 9.17) is 6.42 Å². The summed E-state index contributed by atoms with van der Waals surface area (Å²) < 4.78 is 0. The van der Waals surface area contributed by atoms with E-state index in [9.17, 15) is 4.79 Å². The van der Waals surface area contributed by atoms with Crippen LogP contribution in [-0.2, 0) is 4.79 Å². The fraction of sp³-hybridized carbons (Fsp3) is 0.750. The molecule has 15 heavy (non-hydrogen) atoms. The maximum atomic E-state index is 11.7. The predicted molar refractivity (Wildman–Crippen MR) is 61.4 cm³/mol. The fourth-order valence-electron chi connectivity index (χ4n) is 1.79. The summed E-state index contributed by atoms with van der Waals surface area (Å²) in [5.74, 6) is 2.76. The zero-order chi connectivity index (χ0) is 10.9. The normalized spacial score (nSPS) is 16.9. The van der Waals surface area contributed by atoms with Crippen LogP contribution >= 0.6 is 0 Å². The highest BCUT2D eigenvalue weighted by atomic mass is 16.2. The van der Waals surface area contributed by atoms with Crippen molar-refractivity contribution >= 4 is 5.91 Å². The van der Waals surface area contributed by atoms with Crippen LogP contribution in [0.2, 0.25) is 0 Å². The van der Waals surface area contributed by atoms with E-state index >= 15 is 0 Å². The molecule has 0 bridgehead atoms. The number of carbonyl (C=O) groups excluding carboxylic acids is 1. The molecular formula is C12H20N2O. The molecule has 0 radical (unpaired) electrons. The Bertz CT molecular complexity index is 224. The molecule has 0 aliphatic carbocycles. The summed E-state index contributed by atoms with van der Waals surface area (Å²) in [5.41, 5.74) is 0. The summed E-state index contributed by atoms with van der Waals surface area (Å²) in [6, 6.07) is 0. The first kappa shape index (κ1) is 12.1. The second kappa shape index (κ2) is 7.30. The molecule has 0 spiro atoms. The average molecular weight is 208 g/mol. The summed E-state index contributed by atoms with van der Waals surface area (Å²) in [4.78, 5) is 13.7. The number of nitrogens with one attached hydrogen (secondary N) is 1. The van der Waals surface area contributed by atoms with Gasteiger partial charge in [-0.2, -0.15) is 0 Å². The number of rotatable bonds is 4. The van der Waals surface area contributed by atoms with Crippen LogP contribution in [-0.4, -0.2) is 37.0 Å². The van der Waals surface area contributed by atoms with Gasteiger partial charge in [0.1, 0.15) is 0 Å². The summed E-state index contributed by atoms with van der Waals surface area (Å²) in [7, 11) is 0. The molecule has 3 nitrogen and oxygen atoms in total. The van der Waals surface area contributed by atoms with Gasteiger partial charge in [0.15, 0.2) is 0 Å². The minimum absolute atomic E-state index is 0.217. The number of amides is 1. The van der Waals surface area contributed by atoms with Gasteiger partial charge in [0.25, 0.3) is 0 Å². The number of hydrogen-bond donors (Lipinski definition) is 1. The van der Waals surface area contributed by atoms with Crippen molar-refractivity contribution in [1.29, 1.82) is 0 Å². The molecular weight excluding hydrogens is 188 g/mol. The summed E-state index contributed by atoms with van der Waals surface area (Å²) in [6.45, 7) is 3.02. The van der Waals surface area contributed by atoms with Crippen molar-refractivity contribution in [2.75, 3.05) is 26.2 Å². The second-order valence-corrected chi connectivity index (χ2v) is 3.93. The molecule has 1 rings (SSSR count). The van der Waals surface area contributed by atoms with Crippen LogP contribution in [0.25, 0.3) is 0 Å². The van der Waals surface area contributed by atoms with Gasteiger partial charge in [0.05, 0.1) is 6.54 Å². The van der Waals surface area contributed by atoms with Crippen molar-refractivity contribution in [2.24, 2.45) is 0 Å². The molecule has 0 saturated carbocycles. The Hall–Kier alpha value is -1.01. The molecule has 0 atom stereocenters. The van der Waals surface area contributed by atoms with Gasteiger partial charge < -0.3 is 10.2 Å². The van der Waals surface area contributed by atoms with E-state index in [1.807, 2.05) is 4.90 Å². The van der Waals surface area contributed by atoms with E-state index in [-0.39, 0.29) is 5.91 Å². The molecule has 1 aliphatic rings. The van der Waals surface area contributed by atoms with Crippen LogP contribution in [0.5, 0.6) is 0 Å². The van der Waals surface area contributed by atoms with Gasteiger partial charge in [-0.15, -0.1) is 12.3 Å². The molecule has 0 unspecified atom stereocenters. The van der Waals surface area contributed by atoms with Crippen LogP contribution in [0.15, 0.2) is 0 Å². The average Bonchev–Trinajstić information content (AvgIpc) is 2.52. The van der Waals surface area contributed by atoms with Gasteiger partial charge in [-0.3, -0.25) is 4.79 Å². The van der Waals surface area contributed by atoms with Crippen molar-refractivity contribution in [3.8, 4) is 12.3 Å². The molecule has 1 N–H and O–H groups in total. The largest absolute Gasteiger partial charge is 0.342 e. The third kappa shape index (κ3) is 4.85. The quantitative estimate of drug-likeness (QED) is 0.552. The number of hydrogen-bond acceptors (Lipinski definition) is 2. The molecule has 0 aromatic carbocycles. The lowest BCUT2D eigenvalue weighted by Crippen LogP contribution is -2.38. The highest BCUT2D eigenvalue weighted by molar-refractivity contribution is 5.78. The lowest BCUT2D eigenvalue weighted by molar-refractivity contribution is -0.130. The predicted octanol–water partition coefficient (Wildman–Crippen LogP) is 1.00. The van der Waals surface area contributed by atoms with Gasteiger partial charge in [-0.25, -0.2) is 0 Å². The maximum Gasteiger partial charge on any atom is 0.236 e. The van der Waals surface area contributed by atoms with Crippen LogP contribution < -0.4 is 5.32 Å². The Labute approximate surface area is 92.2 Å². The smallest absolute Gasteiger partial charge is 0.236 e. The van der Waals surface area contributed by atoms with Crippen molar-refractivity contribution in [3.05, 3.63) is 0 Å². The van der Waals surface area contributed by atoms with E-state index in [1.165, 1.54) is 12.8 Å². The Balaban J connectivity index is 2.17. The topological polar surface area (TPSA) is 32.3 Å². The Morgan fingerprint density at radius 2 is 1.93 bits per heavy atom. The highest BCUT2D eigenvalue weighted by Crippen LogP contribution is 2.09. The first-order chi connectivity index (χ1) is 7.34. The summed E-state index contributed by atoms with van der Waals surface area (Å²) >= 11 is 0. The zero-order valence-corrected chi connectivity index (χ0v) is 9.30. The Morgan fingerprint density at radius 3 is 2.53 bits per heavy atom. The molecule has 1 aliphatic heterocycles. The van der Waals surface area contributed by atoms with Crippen molar-refractivity contribution in [1.82, 2.24) is 10.2 Å². The van der Waals surface area contributed by atoms with E-state index < -0.39 is 0 Å². The molecule has 0 aromatic heterocycles. The maximum absolute atomic E-state index is 11.7. The lowest BCUT2D eigenvalue weighted by atomic mass is 10.2. The molecule has 1 heterocycles. The van der Waals surface area contributed by atoms with E-state index in [0.717, 1.165) is 32.5 Å². The highest BCUT2D eigenvalue weighted by Gasteiger charge is 2.14. The van der Waals surface area contributed by atoms with E-state index in [2.05, 4.69) is 11.2 Å². The first-order valence-corrected chi connectivity index (χ1v) is 5.76. The molecule has 1 amide bonds. The number of carbonyl (C=O) groups is 1. The molecule has 84 valence electrons. The van der Waals surface area contributed by atoms with Gasteiger partial charge in [0, 0.05) is 26.1 Å². The van der Waals surface area contributed by atoms with Gasteiger partial charge >= 0.3 is 0 Å². The van der Waals surface area contributed by atoms with Crippen LogP contribution in [0.3, 0.4) is 0 Å². The minimum atomic E-state index is 0.217. The van der Waals surface area contributed by atoms with Crippen LogP contribution in [0.4, 0.5) is 0 Å². The van der Waals surface area contributed by atoms with Gasteiger partial charge in [0.2, 0.25) is 5.91 Å². The van der Waals surface area contributed by atoms with Crippen molar-refractivity contribution in [3.63, 3.8) is 0 Å². The second-order valence-electron chi connectivity index (χ2n) is 3.93. The Morgan fingerprint density at radius 1 is 1.27 bits per heavy atom. The molecule has 1 saturated heterocycles. The third-order valence-corrected chi connectivity index (χ3v) is 2.68. The molecule has 0 aromatic rings. The molecule has 3 heteroatoms. The van der Waals surface area contributed by atoms with E-state index in [0.29, 0.717) is 13.0 Å². The Kier molecular flexibility index (Phi) is 5.87. The number of terminal acetylenes is 1. The van der Waals surface area contributed by atoms with Gasteiger partial charge in [-0.1, -0.05) is 12.8 Å². The lowest BCUT2D eigenvalue weighted by Gasteiger charge is -2.20. The zero-order valence-electron chi connectivity index (χ0n) is 9.30. The minimum Gasteiger partial charge on any atom is -0.342 e. The van der Waals surface area contributed by atoms with Crippen LogP contribution in [0, 0.1) is 12.3 Å². The third-order valence-electron chi connectivity index (χ3n) is 2.68. The van der Waals surface area contributed by atoms with Crippen LogP contribution in [0.1, 0.15) is 32.1 Å². The summed E-state index contributed by atoms with van der Waals surface area (Å²) in [5, 5.41) is 3.07. The van der Waals surface area contributed by atoms with Crippen molar-refractivity contribution in [2.45, 2.75) is 32.1 Å². The fourth-order valence-corrected chi connectivity index (χ4v) is 1.79. The molecule has 1 fully saturated rings. The summed E-state index contributed by atoms with van der Waals surface area (Å²) in [6.07, 6.45) is 10.6. The SMILES string of the molecule is C#CCCNCC(=O)N1CCCCCC1. The number of likely N-dealkylation sites (tertiary alicyclic amines) is 1. The monoisotopic (exact) mass is 208 g/mol. The first-order valence-electron chi connectivity index (χ1n) is 5.76. The van der Waals surface area contributed by atoms with Crippen molar-refractivity contribution < 1.29 is 4.79 Å². The standard InChI is InChI=1S/C12H20N2O/c1-2-3-8-13-11-12(15)14-9-6-4-5-7-10-14/h1,13H,3-11H2. The number of nitrogens with zero attached hydrogens (tertiary/aromatic N) is 1. The van der Waals surface area contributed by atoms with E-state index in [1.54, 1.807) is 0 Å².